The van der Waals surface area contributed by atoms with E-state index in [1.807, 2.05) is 39.8 Å². The summed E-state index contributed by atoms with van der Waals surface area (Å²) in [5.74, 6) is -4.75. The molecule has 79 heavy (non-hydrogen) atoms. The minimum absolute atomic E-state index is 0.0441. The molecule has 0 spiro atoms. The summed E-state index contributed by atoms with van der Waals surface area (Å²) in [5.41, 5.74) is -4.73. The number of fused-ring (bicyclic) bond motifs is 1. The number of thioether (sulfide) groups is 1. The van der Waals surface area contributed by atoms with Gasteiger partial charge in [0.15, 0.2) is 18.7 Å². The summed E-state index contributed by atoms with van der Waals surface area (Å²) < 4.78 is 58.9. The van der Waals surface area contributed by atoms with Gasteiger partial charge in [-0.1, -0.05) is 27.7 Å². The fourth-order valence-electron chi connectivity index (χ4n) is 11.7. The number of aromatic carboxylic acids is 1. The molecule has 1 aromatic heterocycles. The summed E-state index contributed by atoms with van der Waals surface area (Å²) in [6.07, 6.45) is -8.12. The first-order valence-corrected chi connectivity index (χ1v) is 29.0. The average Bonchev–Trinajstić information content (AvgIpc) is 3.46. The zero-order valence-electron chi connectivity index (χ0n) is 49.1. The van der Waals surface area contributed by atoms with Crippen molar-refractivity contribution in [2.24, 2.45) is 23.7 Å². The summed E-state index contributed by atoms with van der Waals surface area (Å²) in [4.78, 5) is 68.7. The SMILES string of the molecule is CC[C@H]1OC(=O)[C@H](C)[C@@H](O[C@H]2C[C@@](C)(OC)[C@@H](OC(=O)CCNCCSCCOc3ccc4c(c3)c(=O)c(C(=O)O)cn4CC)[C@H](C)O2)[C@H](C)[C@@H](O[C@H]2O[C@H](C)C[C@H](N(C)C)[C@H]2O)[C@](C)(OC)C[C@@H](C)C(=O)[C@@H](C)[C@@H](O)[C@]1(C)O. The Morgan fingerprint density at radius 3 is 2.19 bits per heavy atom. The highest BCUT2D eigenvalue weighted by molar-refractivity contribution is 7.99. The van der Waals surface area contributed by atoms with E-state index in [2.05, 4.69) is 5.32 Å². The third-order valence-electron chi connectivity index (χ3n) is 16.5. The Balaban J connectivity index is 1.27. The van der Waals surface area contributed by atoms with Crippen LogP contribution in [0.15, 0.2) is 29.2 Å². The van der Waals surface area contributed by atoms with Crippen LogP contribution in [0.5, 0.6) is 5.75 Å². The Morgan fingerprint density at radius 1 is 0.899 bits per heavy atom. The zero-order valence-corrected chi connectivity index (χ0v) is 49.9. The first-order chi connectivity index (χ1) is 37.1. The molecule has 0 unspecified atom stereocenters. The lowest BCUT2D eigenvalue weighted by Crippen LogP contribution is -2.61. The van der Waals surface area contributed by atoms with Gasteiger partial charge in [0.2, 0.25) is 5.43 Å². The van der Waals surface area contributed by atoms with Crippen molar-refractivity contribution in [3.63, 3.8) is 0 Å². The number of carbonyl (C=O) groups is 4. The number of ketones is 1. The monoisotopic (exact) mass is 1140 g/mol. The van der Waals surface area contributed by atoms with Crippen molar-refractivity contribution in [3.8, 4) is 5.75 Å². The molecule has 2 aromatic rings. The highest BCUT2D eigenvalue weighted by Crippen LogP contribution is 2.42. The number of carboxylic acids is 1. The van der Waals surface area contributed by atoms with Crippen molar-refractivity contribution in [1.82, 2.24) is 14.8 Å². The number of methoxy groups -OCH3 is 2. The molecule has 0 radical (unpaired) electrons. The zero-order chi connectivity index (χ0) is 58.9. The second-order valence-corrected chi connectivity index (χ2v) is 23.9. The maximum atomic E-state index is 14.6. The molecule has 22 heteroatoms. The van der Waals surface area contributed by atoms with Gasteiger partial charge in [-0.05, 0) is 100 Å². The van der Waals surface area contributed by atoms with Crippen molar-refractivity contribution in [1.29, 1.82) is 0 Å². The van der Waals surface area contributed by atoms with Crippen LogP contribution in [0.4, 0.5) is 0 Å². The van der Waals surface area contributed by atoms with Gasteiger partial charge in [-0.25, -0.2) is 4.79 Å². The highest BCUT2D eigenvalue weighted by Gasteiger charge is 2.55. The Kier molecular flexibility index (Phi) is 23.8. The van der Waals surface area contributed by atoms with Crippen LogP contribution < -0.4 is 15.5 Å². The van der Waals surface area contributed by atoms with Gasteiger partial charge in [0, 0.05) is 81.8 Å². The number of carboxylic acid groups (broad SMARTS) is 1. The molecular weight excluding hydrogens is 1050 g/mol. The lowest BCUT2D eigenvalue weighted by Gasteiger charge is -2.50. The van der Waals surface area contributed by atoms with E-state index >= 15 is 0 Å². The number of esters is 2. The molecule has 3 aliphatic heterocycles. The number of hydrogen-bond acceptors (Lipinski definition) is 20. The summed E-state index contributed by atoms with van der Waals surface area (Å²) in [6.45, 7) is 20.7. The number of nitrogens with one attached hydrogen (secondary N) is 1. The van der Waals surface area contributed by atoms with Crippen molar-refractivity contribution in [2.75, 3.05) is 59.5 Å². The molecule has 4 heterocycles. The minimum atomic E-state index is -2.03. The average molecular weight is 1140 g/mol. The number of ether oxygens (including phenoxy) is 9. The van der Waals surface area contributed by atoms with E-state index in [0.717, 1.165) is 5.75 Å². The second kappa shape index (κ2) is 28.5. The number of aromatic nitrogens is 1. The number of aliphatic hydroxyl groups excluding tert-OH is 2. The van der Waals surface area contributed by atoms with E-state index < -0.39 is 119 Å². The van der Waals surface area contributed by atoms with Crippen molar-refractivity contribution >= 4 is 46.4 Å². The lowest BCUT2D eigenvalue weighted by atomic mass is 9.74. The standard InChI is InChI=1S/C57H91N3O18S/c1-16-42-57(11,69)49(65)33(5)45(62)31(3)28-55(9,70-14)50(78-54-47(64)41(59(12)13)26-32(4)73-54)34(6)48(35(7)53(68)75-42)77-44-29-56(10,71-15)51(36(8)74-44)76-43(61)20-21-58-22-24-79-25-23-72-37-18-19-40-38(27-37)46(63)39(52(66)67)30-60(40)17-2/h18-19,27,30-36,41-42,44,47-51,54,58,64-65,69H,16-17,20-26,28-29H2,1-15H3,(H,66,67)/t31-,32-,33-,34+,35-,36+,41+,42-,44+,47-,48+,49-,50-,51+,54-,55-,56-,57-/m1/s1. The molecule has 18 atom stereocenters. The van der Waals surface area contributed by atoms with Gasteiger partial charge in [-0.2, -0.15) is 11.8 Å². The number of cyclic esters (lactones) is 1. The summed E-state index contributed by atoms with van der Waals surface area (Å²) in [7, 11) is 6.73. The first kappa shape index (κ1) is 66.0. The predicted molar refractivity (Wildman–Crippen MR) is 296 cm³/mol. The maximum absolute atomic E-state index is 14.6. The van der Waals surface area contributed by atoms with Crippen LogP contribution in [0.2, 0.25) is 0 Å². The Hall–Kier alpha value is -3.78. The molecule has 0 amide bonds. The van der Waals surface area contributed by atoms with E-state index in [4.69, 9.17) is 42.6 Å². The van der Waals surface area contributed by atoms with Crippen LogP contribution >= 0.6 is 11.8 Å². The van der Waals surface area contributed by atoms with E-state index in [9.17, 15) is 44.4 Å². The van der Waals surface area contributed by atoms with Gasteiger partial charge in [0.05, 0.1) is 66.0 Å². The van der Waals surface area contributed by atoms with E-state index in [-0.39, 0.29) is 54.6 Å². The number of hydrogen-bond donors (Lipinski definition) is 5. The molecule has 0 saturated carbocycles. The fourth-order valence-corrected chi connectivity index (χ4v) is 12.3. The molecule has 448 valence electrons. The molecule has 21 nitrogen and oxygen atoms in total. The molecule has 5 rings (SSSR count). The van der Waals surface area contributed by atoms with Gasteiger partial charge in [-0.3, -0.25) is 19.2 Å². The van der Waals surface area contributed by atoms with Crippen LogP contribution in [0.25, 0.3) is 10.9 Å². The molecule has 0 aliphatic carbocycles. The lowest BCUT2D eigenvalue weighted by molar-refractivity contribution is -0.320. The van der Waals surface area contributed by atoms with Crippen LogP contribution in [0.1, 0.15) is 119 Å². The van der Waals surface area contributed by atoms with Gasteiger partial charge in [0.25, 0.3) is 0 Å². The first-order valence-electron chi connectivity index (χ1n) is 27.8. The molecule has 5 N–H and O–H groups in total. The van der Waals surface area contributed by atoms with Crippen molar-refractivity contribution in [2.45, 2.75) is 199 Å². The van der Waals surface area contributed by atoms with Gasteiger partial charge >= 0.3 is 17.9 Å². The molecule has 1 aromatic carbocycles. The number of carbonyl (C=O) groups excluding carboxylic acids is 3. The van der Waals surface area contributed by atoms with E-state index in [0.29, 0.717) is 49.7 Å². The Morgan fingerprint density at radius 2 is 1.57 bits per heavy atom. The summed E-state index contributed by atoms with van der Waals surface area (Å²) >= 11 is 1.63. The fraction of sp³-hybridized carbons (Fsp3) is 0.772. The molecule has 3 saturated heterocycles. The third kappa shape index (κ3) is 15.7. The third-order valence-corrected chi connectivity index (χ3v) is 17.5. The Labute approximate surface area is 469 Å². The van der Waals surface area contributed by atoms with Gasteiger partial charge in [0.1, 0.15) is 40.5 Å². The molecule has 3 aliphatic rings. The molecular formula is C57H91N3O18S. The molecule has 3 fully saturated rings. The maximum Gasteiger partial charge on any atom is 0.341 e. The van der Waals surface area contributed by atoms with E-state index in [1.54, 1.807) is 76.1 Å². The molecule has 0 bridgehead atoms. The number of rotatable bonds is 21. The summed E-state index contributed by atoms with van der Waals surface area (Å²) in [5, 5.41) is 48.3. The van der Waals surface area contributed by atoms with Gasteiger partial charge in [-0.15, -0.1) is 0 Å². The topological polar surface area (TPSA) is 270 Å². The number of Topliss-reactive ketones (excluding diaryl/α,β-unsaturated/α-hetero) is 1. The van der Waals surface area contributed by atoms with Crippen molar-refractivity contribution in [3.05, 3.63) is 40.2 Å². The second-order valence-electron chi connectivity index (χ2n) is 22.7. The van der Waals surface area contributed by atoms with Crippen LogP contribution in [-0.2, 0) is 58.8 Å². The smallest absolute Gasteiger partial charge is 0.341 e. The number of nitrogens with zero attached hydrogens (tertiary/aromatic N) is 2. The highest BCUT2D eigenvalue weighted by atomic mass is 32.2. The summed E-state index contributed by atoms with van der Waals surface area (Å²) in [6, 6.07) is 4.75. The van der Waals surface area contributed by atoms with Gasteiger partial charge < -0.3 is 77.8 Å². The normalized spacial score (nSPS) is 36.2. The Bertz CT molecular complexity index is 2420. The quantitative estimate of drug-likeness (QED) is 0.0829. The number of pyridine rings is 1. The number of aliphatic hydroxyl groups is 3. The van der Waals surface area contributed by atoms with Crippen molar-refractivity contribution < 1.29 is 82.2 Å². The van der Waals surface area contributed by atoms with Crippen LogP contribution in [0.3, 0.4) is 0 Å². The van der Waals surface area contributed by atoms with Crippen LogP contribution in [-0.4, -0.2) is 197 Å². The number of aryl methyl sites for hydroxylation is 1. The largest absolute Gasteiger partial charge is 0.493 e. The number of benzene rings is 1. The van der Waals surface area contributed by atoms with E-state index in [1.165, 1.54) is 34.3 Å². The minimum Gasteiger partial charge on any atom is -0.493 e. The predicted octanol–water partition coefficient (Wildman–Crippen LogP) is 4.82. The van der Waals surface area contributed by atoms with Crippen LogP contribution in [0, 0.1) is 23.7 Å². The number of likely N-dealkylation sites (N-methyl/N-ethyl adjacent to an activating group) is 1.